The molecular formula is C17H20N4O2. The van der Waals surface area contributed by atoms with Gasteiger partial charge >= 0.3 is 0 Å². The third kappa shape index (κ3) is 2.34. The molecule has 4 rings (SSSR count). The molecular weight excluding hydrogens is 292 g/mol. The number of nitrogens with one attached hydrogen (secondary N) is 1. The van der Waals surface area contributed by atoms with E-state index in [0.29, 0.717) is 12.2 Å². The van der Waals surface area contributed by atoms with Crippen LogP contribution in [0.25, 0.3) is 5.65 Å². The summed E-state index contributed by atoms with van der Waals surface area (Å²) in [7, 11) is 0. The monoisotopic (exact) mass is 312 g/mol. The van der Waals surface area contributed by atoms with Gasteiger partial charge in [0.2, 0.25) is 5.91 Å². The van der Waals surface area contributed by atoms with E-state index >= 15 is 0 Å². The summed E-state index contributed by atoms with van der Waals surface area (Å²) in [6, 6.07) is 7.10. The van der Waals surface area contributed by atoms with Crippen LogP contribution in [0.5, 0.6) is 0 Å². The molecule has 23 heavy (non-hydrogen) atoms. The van der Waals surface area contributed by atoms with Gasteiger partial charge in [-0.25, -0.2) is 4.98 Å². The second kappa shape index (κ2) is 5.45. The smallest absolute Gasteiger partial charge is 0.258 e. The van der Waals surface area contributed by atoms with Gasteiger partial charge in [0.25, 0.3) is 5.56 Å². The van der Waals surface area contributed by atoms with Crippen molar-refractivity contribution in [3.8, 4) is 0 Å². The first-order valence-electron chi connectivity index (χ1n) is 8.20. The zero-order chi connectivity index (χ0) is 15.9. The van der Waals surface area contributed by atoms with Gasteiger partial charge in [0.1, 0.15) is 11.2 Å². The predicted octanol–water partition coefficient (Wildman–Crippen LogP) is 0.939. The van der Waals surface area contributed by atoms with Crippen LogP contribution < -0.4 is 10.9 Å². The Morgan fingerprint density at radius 2 is 2.09 bits per heavy atom. The van der Waals surface area contributed by atoms with Gasteiger partial charge in [-0.1, -0.05) is 6.07 Å². The van der Waals surface area contributed by atoms with E-state index in [4.69, 9.17) is 0 Å². The van der Waals surface area contributed by atoms with Crippen molar-refractivity contribution < 1.29 is 4.79 Å². The molecule has 1 N–H and O–H groups in total. The minimum atomic E-state index is -0.401. The lowest BCUT2D eigenvalue weighted by atomic mass is 9.86. The molecule has 2 aliphatic heterocycles. The number of hydrogen-bond donors (Lipinski definition) is 1. The van der Waals surface area contributed by atoms with E-state index < -0.39 is 5.54 Å². The van der Waals surface area contributed by atoms with Gasteiger partial charge in [-0.15, -0.1) is 0 Å². The summed E-state index contributed by atoms with van der Waals surface area (Å²) in [5, 5.41) is 3.00. The van der Waals surface area contributed by atoms with Crippen LogP contribution >= 0.6 is 0 Å². The average molecular weight is 312 g/mol. The third-order valence-electron chi connectivity index (χ3n) is 5.08. The highest BCUT2D eigenvalue weighted by Gasteiger charge is 2.48. The lowest BCUT2D eigenvalue weighted by Gasteiger charge is -2.40. The molecule has 0 aromatic carbocycles. The van der Waals surface area contributed by atoms with E-state index in [0.717, 1.165) is 44.5 Å². The molecule has 2 aromatic rings. The van der Waals surface area contributed by atoms with Crippen molar-refractivity contribution in [1.82, 2.24) is 19.6 Å². The summed E-state index contributed by atoms with van der Waals surface area (Å²) >= 11 is 0. The number of rotatable bonds is 2. The van der Waals surface area contributed by atoms with E-state index in [1.54, 1.807) is 12.3 Å². The molecule has 2 fully saturated rings. The molecule has 1 unspecified atom stereocenters. The van der Waals surface area contributed by atoms with Crippen molar-refractivity contribution in [1.29, 1.82) is 0 Å². The lowest BCUT2D eigenvalue weighted by Crippen LogP contribution is -2.58. The zero-order valence-corrected chi connectivity index (χ0v) is 13.0. The molecule has 2 aromatic heterocycles. The topological polar surface area (TPSA) is 66.7 Å². The Labute approximate surface area is 134 Å². The molecule has 1 amide bonds. The van der Waals surface area contributed by atoms with Gasteiger partial charge in [0.05, 0.1) is 5.69 Å². The first kappa shape index (κ1) is 14.4. The second-order valence-electron chi connectivity index (χ2n) is 6.43. The molecule has 0 radical (unpaired) electrons. The Hall–Kier alpha value is -2.21. The van der Waals surface area contributed by atoms with Gasteiger partial charge in [0, 0.05) is 25.4 Å². The van der Waals surface area contributed by atoms with Crippen LogP contribution in [0, 0.1) is 0 Å². The number of pyridine rings is 1. The molecule has 0 saturated carbocycles. The van der Waals surface area contributed by atoms with Crippen LogP contribution in [0.15, 0.2) is 35.3 Å². The third-order valence-corrected chi connectivity index (χ3v) is 5.08. The van der Waals surface area contributed by atoms with Crippen molar-refractivity contribution >= 4 is 11.6 Å². The number of carbonyl (C=O) groups is 1. The molecule has 1 spiro atoms. The van der Waals surface area contributed by atoms with Gasteiger partial charge < -0.3 is 5.32 Å². The molecule has 120 valence electrons. The first-order valence-corrected chi connectivity index (χ1v) is 8.20. The standard InChI is InChI=1S/C17H20N4O2/c22-15-11-13(19-14-5-1-2-10-21(14)15)12-20-9-4-7-17(20)6-3-8-18-16(17)23/h1-2,5,10-11H,3-4,6-9,12H2,(H,18,23). The van der Waals surface area contributed by atoms with Crippen LogP contribution in [0.1, 0.15) is 31.4 Å². The highest BCUT2D eigenvalue weighted by atomic mass is 16.2. The fraction of sp³-hybridized carbons (Fsp3) is 0.471. The van der Waals surface area contributed by atoms with Crippen LogP contribution in [-0.2, 0) is 11.3 Å². The molecule has 2 aliphatic rings. The van der Waals surface area contributed by atoms with E-state index in [1.165, 1.54) is 4.40 Å². The first-order chi connectivity index (χ1) is 11.2. The Morgan fingerprint density at radius 1 is 1.22 bits per heavy atom. The van der Waals surface area contributed by atoms with Crippen molar-refractivity contribution in [2.45, 2.75) is 37.8 Å². The van der Waals surface area contributed by atoms with Crippen molar-refractivity contribution in [2.24, 2.45) is 0 Å². The van der Waals surface area contributed by atoms with Gasteiger partial charge in [-0.3, -0.25) is 18.9 Å². The molecule has 6 nitrogen and oxygen atoms in total. The number of hydrogen-bond acceptors (Lipinski definition) is 4. The maximum absolute atomic E-state index is 12.5. The summed E-state index contributed by atoms with van der Waals surface area (Å²) < 4.78 is 1.54. The van der Waals surface area contributed by atoms with Crippen molar-refractivity contribution in [2.75, 3.05) is 13.1 Å². The average Bonchev–Trinajstić information content (AvgIpc) is 2.94. The molecule has 2 saturated heterocycles. The Bertz CT molecular complexity index is 816. The van der Waals surface area contributed by atoms with Gasteiger partial charge in [0.15, 0.2) is 0 Å². The summed E-state index contributed by atoms with van der Waals surface area (Å²) in [4.78, 5) is 31.5. The number of aromatic nitrogens is 2. The molecule has 0 aliphatic carbocycles. The second-order valence-corrected chi connectivity index (χ2v) is 6.43. The summed E-state index contributed by atoms with van der Waals surface area (Å²) in [5.41, 5.74) is 0.908. The Balaban J connectivity index is 1.67. The van der Waals surface area contributed by atoms with Crippen LogP contribution in [-0.4, -0.2) is 38.8 Å². The number of nitrogens with zero attached hydrogens (tertiary/aromatic N) is 3. The highest BCUT2D eigenvalue weighted by molar-refractivity contribution is 5.87. The summed E-state index contributed by atoms with van der Waals surface area (Å²) in [6.45, 7) is 2.20. The quantitative estimate of drug-likeness (QED) is 0.896. The van der Waals surface area contributed by atoms with E-state index in [9.17, 15) is 9.59 Å². The van der Waals surface area contributed by atoms with Gasteiger partial charge in [-0.05, 0) is 44.4 Å². The predicted molar refractivity (Wildman–Crippen MR) is 86.1 cm³/mol. The zero-order valence-electron chi connectivity index (χ0n) is 13.0. The minimum absolute atomic E-state index is 0.0769. The molecule has 0 bridgehead atoms. The summed E-state index contributed by atoms with van der Waals surface area (Å²) in [6.07, 6.45) is 5.53. The maximum Gasteiger partial charge on any atom is 0.258 e. The molecule has 1 atom stereocenters. The normalized spacial score (nSPS) is 25.1. The van der Waals surface area contributed by atoms with E-state index in [1.807, 2.05) is 18.2 Å². The van der Waals surface area contributed by atoms with Crippen LogP contribution in [0.2, 0.25) is 0 Å². The lowest BCUT2D eigenvalue weighted by molar-refractivity contribution is -0.134. The SMILES string of the molecule is O=C1NCCCC12CCCN2Cc1cc(=O)n2ccccc2n1. The van der Waals surface area contributed by atoms with Crippen LogP contribution in [0.4, 0.5) is 0 Å². The van der Waals surface area contributed by atoms with Gasteiger partial charge in [-0.2, -0.15) is 0 Å². The highest BCUT2D eigenvalue weighted by Crippen LogP contribution is 2.36. The number of fused-ring (bicyclic) bond motifs is 1. The number of likely N-dealkylation sites (tertiary alicyclic amines) is 1. The Morgan fingerprint density at radius 3 is 2.96 bits per heavy atom. The minimum Gasteiger partial charge on any atom is -0.354 e. The molecule has 6 heteroatoms. The Kier molecular flexibility index (Phi) is 3.41. The van der Waals surface area contributed by atoms with Crippen molar-refractivity contribution in [3.63, 3.8) is 0 Å². The van der Waals surface area contributed by atoms with E-state index in [2.05, 4.69) is 15.2 Å². The fourth-order valence-electron chi connectivity index (χ4n) is 3.95. The van der Waals surface area contributed by atoms with Crippen LogP contribution in [0.3, 0.4) is 0 Å². The largest absolute Gasteiger partial charge is 0.354 e. The summed E-state index contributed by atoms with van der Waals surface area (Å²) in [5.74, 6) is 0.138. The maximum atomic E-state index is 12.5. The number of piperidine rings is 1. The van der Waals surface area contributed by atoms with Crippen molar-refractivity contribution in [3.05, 3.63) is 46.5 Å². The fourth-order valence-corrected chi connectivity index (χ4v) is 3.95. The number of amides is 1. The van der Waals surface area contributed by atoms with E-state index in [-0.39, 0.29) is 11.5 Å². The number of carbonyl (C=O) groups excluding carboxylic acids is 1. The molecule has 4 heterocycles.